The Hall–Kier alpha value is -3.34. The fourth-order valence-electron chi connectivity index (χ4n) is 3.70. The number of anilines is 3. The largest absolute Gasteiger partial charge is 0.495 e. The van der Waals surface area contributed by atoms with Crippen molar-refractivity contribution < 1.29 is 19.4 Å². The number of methoxy groups -OCH3 is 1. The number of aliphatic hydroxyl groups excluding tert-OH is 1. The van der Waals surface area contributed by atoms with Crippen LogP contribution in [0.2, 0.25) is 0 Å². The van der Waals surface area contributed by atoms with E-state index in [0.29, 0.717) is 17.4 Å². The lowest BCUT2D eigenvalue weighted by Crippen LogP contribution is -2.32. The minimum Gasteiger partial charge on any atom is -0.495 e. The predicted molar refractivity (Wildman–Crippen MR) is 166 cm³/mol. The molecule has 4 rings (SSSR count). The quantitative estimate of drug-likeness (QED) is 0.141. The molecule has 0 radical (unpaired) electrons. The molecule has 0 fully saturated rings. The van der Waals surface area contributed by atoms with Crippen LogP contribution in [0, 0.1) is 0 Å². The van der Waals surface area contributed by atoms with Crippen LogP contribution in [0.25, 0.3) is 0 Å². The molecule has 214 valence electrons. The zero-order valence-electron chi connectivity index (χ0n) is 22.0. The number of rotatable bonds is 14. The van der Waals surface area contributed by atoms with Crippen molar-refractivity contribution in [3.63, 3.8) is 0 Å². The number of thiazole rings is 1. The summed E-state index contributed by atoms with van der Waals surface area (Å²) in [6.07, 6.45) is 0.409. The van der Waals surface area contributed by atoms with Gasteiger partial charge in [-0.1, -0.05) is 42.5 Å². The number of aliphatic hydroxyl groups is 1. The van der Waals surface area contributed by atoms with Crippen LogP contribution in [-0.2, 0) is 17.6 Å². The lowest BCUT2D eigenvalue weighted by atomic mass is 10.1. The summed E-state index contributed by atoms with van der Waals surface area (Å²) in [6.45, 7) is 1.42. The van der Waals surface area contributed by atoms with Crippen LogP contribution in [0.1, 0.15) is 11.3 Å². The van der Waals surface area contributed by atoms with Crippen molar-refractivity contribution in [3.05, 3.63) is 95.5 Å². The molecule has 0 unspecified atom stereocenters. The Labute approximate surface area is 251 Å². The molecule has 4 N–H and O–H groups in total. The molecular formula is C29H34Cl2N4O4S. The Morgan fingerprint density at radius 1 is 1.00 bits per heavy atom. The van der Waals surface area contributed by atoms with Gasteiger partial charge in [-0.25, -0.2) is 4.98 Å². The topological polar surface area (TPSA) is 105 Å². The number of benzene rings is 3. The first-order chi connectivity index (χ1) is 18.6. The second-order valence-electron chi connectivity index (χ2n) is 8.62. The van der Waals surface area contributed by atoms with Gasteiger partial charge in [0.1, 0.15) is 24.2 Å². The molecule has 3 aromatic carbocycles. The molecule has 0 saturated heterocycles. The molecule has 8 nitrogen and oxygen atoms in total. The predicted octanol–water partition coefficient (Wildman–Crippen LogP) is 5.49. The van der Waals surface area contributed by atoms with Gasteiger partial charge in [0.15, 0.2) is 5.13 Å². The fourth-order valence-corrected chi connectivity index (χ4v) is 4.43. The van der Waals surface area contributed by atoms with Crippen LogP contribution in [-0.4, -0.2) is 48.9 Å². The van der Waals surface area contributed by atoms with E-state index in [0.717, 1.165) is 41.4 Å². The van der Waals surface area contributed by atoms with E-state index in [1.54, 1.807) is 7.11 Å². The van der Waals surface area contributed by atoms with Crippen LogP contribution < -0.4 is 25.4 Å². The zero-order chi connectivity index (χ0) is 26.6. The highest BCUT2D eigenvalue weighted by Gasteiger charge is 2.10. The molecule has 0 aliphatic carbocycles. The van der Waals surface area contributed by atoms with Crippen molar-refractivity contribution in [2.45, 2.75) is 18.9 Å². The molecule has 0 aliphatic heterocycles. The van der Waals surface area contributed by atoms with Crippen molar-refractivity contribution in [3.8, 4) is 11.5 Å². The highest BCUT2D eigenvalue weighted by atomic mass is 35.5. The minimum absolute atomic E-state index is 0. The molecule has 0 saturated carbocycles. The summed E-state index contributed by atoms with van der Waals surface area (Å²) in [5, 5.41) is 22.1. The van der Waals surface area contributed by atoms with Gasteiger partial charge in [0.2, 0.25) is 5.91 Å². The molecule has 0 spiro atoms. The average Bonchev–Trinajstić information content (AvgIpc) is 3.38. The van der Waals surface area contributed by atoms with Crippen molar-refractivity contribution in [2.24, 2.45) is 0 Å². The summed E-state index contributed by atoms with van der Waals surface area (Å²) in [5.41, 5.74) is 3.40. The van der Waals surface area contributed by atoms with Crippen molar-refractivity contribution in [1.29, 1.82) is 0 Å². The fraction of sp³-hybridized carbons (Fsp3) is 0.241. The first-order valence-electron chi connectivity index (χ1n) is 12.4. The Morgan fingerprint density at radius 3 is 2.48 bits per heavy atom. The maximum Gasteiger partial charge on any atom is 0.230 e. The van der Waals surface area contributed by atoms with E-state index in [1.807, 2.05) is 84.2 Å². The van der Waals surface area contributed by atoms with Crippen LogP contribution in [0.4, 0.5) is 16.5 Å². The third-order valence-electron chi connectivity index (χ3n) is 5.64. The lowest BCUT2D eigenvalue weighted by molar-refractivity contribution is -0.115. The van der Waals surface area contributed by atoms with E-state index < -0.39 is 6.10 Å². The maximum absolute atomic E-state index is 12.5. The van der Waals surface area contributed by atoms with Gasteiger partial charge in [0.25, 0.3) is 0 Å². The molecule has 4 aromatic rings. The van der Waals surface area contributed by atoms with Gasteiger partial charge in [0.05, 0.1) is 24.9 Å². The van der Waals surface area contributed by atoms with E-state index >= 15 is 0 Å². The van der Waals surface area contributed by atoms with Crippen LogP contribution in [0.15, 0.2) is 84.2 Å². The average molecular weight is 606 g/mol. The Balaban J connectivity index is 0.00000280. The molecular weight excluding hydrogens is 571 g/mol. The standard InChI is InChI=1S/C29H32N4O4S.2ClH/c1-36-27-10-6-5-9-26(27)33-29-32-23(20-38-29)17-28(35)31-22-13-11-21(12-14-22)15-16-30-18-24(34)19-37-25-7-3-2-4-8-25;;/h2-14,20,24,30,34H,15-19H2,1H3,(H,31,35)(H,32,33);2*1H/t24-;;/m0../s1. The highest BCUT2D eigenvalue weighted by molar-refractivity contribution is 7.13. The van der Waals surface area contributed by atoms with Crippen LogP contribution in [0.5, 0.6) is 11.5 Å². The zero-order valence-corrected chi connectivity index (χ0v) is 24.5. The maximum atomic E-state index is 12.5. The number of hydrogen-bond donors (Lipinski definition) is 4. The second kappa shape index (κ2) is 17.4. The Kier molecular flexibility index (Phi) is 14.3. The first kappa shape index (κ1) is 32.9. The molecule has 1 atom stereocenters. The molecule has 40 heavy (non-hydrogen) atoms. The van der Waals surface area contributed by atoms with E-state index in [-0.39, 0.29) is 43.7 Å². The number of nitrogens with one attached hydrogen (secondary N) is 3. The number of carbonyl (C=O) groups is 1. The van der Waals surface area contributed by atoms with Gasteiger partial charge in [-0.3, -0.25) is 4.79 Å². The third-order valence-corrected chi connectivity index (χ3v) is 6.44. The summed E-state index contributed by atoms with van der Waals surface area (Å²) >= 11 is 1.44. The normalized spacial score (nSPS) is 10.9. The first-order valence-corrected chi connectivity index (χ1v) is 13.3. The second-order valence-corrected chi connectivity index (χ2v) is 9.48. The van der Waals surface area contributed by atoms with Crippen molar-refractivity contribution in [1.82, 2.24) is 10.3 Å². The molecule has 1 heterocycles. The Morgan fingerprint density at radius 2 is 1.73 bits per heavy atom. The van der Waals surface area contributed by atoms with E-state index in [9.17, 15) is 9.90 Å². The molecule has 0 aliphatic rings. The van der Waals surface area contributed by atoms with Gasteiger partial charge in [-0.05, 0) is 54.9 Å². The molecule has 0 bridgehead atoms. The van der Waals surface area contributed by atoms with E-state index in [4.69, 9.17) is 9.47 Å². The lowest BCUT2D eigenvalue weighted by Gasteiger charge is -2.13. The number of halogens is 2. The van der Waals surface area contributed by atoms with Gasteiger partial charge in [-0.15, -0.1) is 36.2 Å². The van der Waals surface area contributed by atoms with E-state index in [1.165, 1.54) is 11.3 Å². The number of amides is 1. The van der Waals surface area contributed by atoms with E-state index in [2.05, 4.69) is 20.9 Å². The minimum atomic E-state index is -0.585. The molecule has 11 heteroatoms. The van der Waals surface area contributed by atoms with Gasteiger partial charge < -0.3 is 30.5 Å². The summed E-state index contributed by atoms with van der Waals surface area (Å²) < 4.78 is 10.9. The summed E-state index contributed by atoms with van der Waals surface area (Å²) in [4.78, 5) is 17.0. The number of ether oxygens (including phenoxy) is 2. The number of carbonyl (C=O) groups excluding carboxylic acids is 1. The number of nitrogens with zero attached hydrogens (tertiary/aromatic N) is 1. The smallest absolute Gasteiger partial charge is 0.230 e. The van der Waals surface area contributed by atoms with Gasteiger partial charge in [0, 0.05) is 17.6 Å². The number of para-hydroxylation sites is 3. The summed E-state index contributed by atoms with van der Waals surface area (Å²) in [7, 11) is 1.62. The van der Waals surface area contributed by atoms with Crippen LogP contribution in [0.3, 0.4) is 0 Å². The van der Waals surface area contributed by atoms with Crippen molar-refractivity contribution in [2.75, 3.05) is 37.4 Å². The van der Waals surface area contributed by atoms with Gasteiger partial charge in [-0.2, -0.15) is 0 Å². The highest BCUT2D eigenvalue weighted by Crippen LogP contribution is 2.28. The van der Waals surface area contributed by atoms with Gasteiger partial charge >= 0.3 is 0 Å². The third kappa shape index (κ3) is 10.7. The van der Waals surface area contributed by atoms with Crippen molar-refractivity contribution >= 4 is 58.6 Å². The number of aromatic nitrogens is 1. The molecule has 1 aromatic heterocycles. The number of hydrogen-bond acceptors (Lipinski definition) is 8. The molecule has 1 amide bonds. The Bertz CT molecular complexity index is 1290. The monoisotopic (exact) mass is 604 g/mol. The SMILES string of the molecule is COc1ccccc1Nc1nc(CC(=O)Nc2ccc(CCNC[C@H](O)COc3ccccc3)cc2)cs1.Cl.Cl. The van der Waals surface area contributed by atoms with Crippen LogP contribution >= 0.6 is 36.2 Å². The summed E-state index contributed by atoms with van der Waals surface area (Å²) in [5.74, 6) is 1.35. The summed E-state index contributed by atoms with van der Waals surface area (Å²) in [6, 6.07) is 24.8.